The van der Waals surface area contributed by atoms with Crippen molar-refractivity contribution in [2.45, 2.75) is 5.16 Å². The van der Waals surface area contributed by atoms with Crippen molar-refractivity contribution in [2.24, 2.45) is 7.05 Å². The van der Waals surface area contributed by atoms with E-state index in [2.05, 4.69) is 4.98 Å². The largest absolute Gasteiger partial charge is 0.315 e. The van der Waals surface area contributed by atoms with Gasteiger partial charge >= 0.3 is 5.16 Å². The summed E-state index contributed by atoms with van der Waals surface area (Å²) < 4.78 is 2.05. The van der Waals surface area contributed by atoms with Gasteiger partial charge < -0.3 is 0 Å². The maximum Gasteiger partial charge on any atom is 0.315 e. The molecule has 0 aromatic carbocycles. The Balaban J connectivity index is 2.92. The molecule has 0 fully saturated rings. The Morgan fingerprint density at radius 2 is 2.50 bits per heavy atom. The lowest BCUT2D eigenvalue weighted by Crippen LogP contribution is -2.26. The summed E-state index contributed by atoms with van der Waals surface area (Å²) in [5.74, 6) is 0. The number of aryl methyl sites for hydroxylation is 1. The average molecular weight is 129 g/mol. The molecule has 0 unspecified atom stereocenters. The first-order valence-corrected chi connectivity index (χ1v) is 3.64. The topological polar surface area (TPSA) is 19.7 Å². The van der Waals surface area contributed by atoms with Crippen LogP contribution in [-0.4, -0.2) is 11.2 Å². The molecule has 1 heterocycles. The zero-order valence-electron chi connectivity index (χ0n) is 5.01. The Hall–Kier alpha value is -0.440. The summed E-state index contributed by atoms with van der Waals surface area (Å²) in [6.07, 6.45) is 5.96. The SMILES string of the molecule is CSc1[nH]cc[n+]1C. The van der Waals surface area contributed by atoms with E-state index < -0.39 is 0 Å². The van der Waals surface area contributed by atoms with Gasteiger partial charge in [-0.05, 0) is 18.0 Å². The van der Waals surface area contributed by atoms with E-state index in [1.807, 2.05) is 30.3 Å². The van der Waals surface area contributed by atoms with E-state index in [1.165, 1.54) is 5.16 Å². The number of nitrogens with one attached hydrogen (secondary N) is 1. The van der Waals surface area contributed by atoms with Crippen molar-refractivity contribution in [1.29, 1.82) is 0 Å². The van der Waals surface area contributed by atoms with Crippen molar-refractivity contribution in [3.8, 4) is 0 Å². The van der Waals surface area contributed by atoms with Crippen LogP contribution in [0.5, 0.6) is 0 Å². The molecule has 1 aromatic heterocycles. The number of hydrogen-bond donors (Lipinski definition) is 1. The van der Waals surface area contributed by atoms with Gasteiger partial charge in [-0.15, -0.1) is 0 Å². The molecule has 0 atom stereocenters. The van der Waals surface area contributed by atoms with Gasteiger partial charge in [0.2, 0.25) is 0 Å². The van der Waals surface area contributed by atoms with Crippen LogP contribution in [0.2, 0.25) is 0 Å². The Morgan fingerprint density at radius 1 is 1.75 bits per heavy atom. The molecule has 0 saturated carbocycles. The molecule has 0 radical (unpaired) electrons. The molecule has 0 aliphatic carbocycles. The van der Waals surface area contributed by atoms with E-state index in [0.29, 0.717) is 0 Å². The van der Waals surface area contributed by atoms with E-state index in [1.54, 1.807) is 11.8 Å². The van der Waals surface area contributed by atoms with Crippen LogP contribution in [-0.2, 0) is 7.05 Å². The number of H-pyrrole nitrogens is 1. The van der Waals surface area contributed by atoms with Crippen LogP contribution in [0, 0.1) is 0 Å². The molecule has 0 amide bonds. The van der Waals surface area contributed by atoms with Gasteiger partial charge in [0.1, 0.15) is 12.4 Å². The highest BCUT2D eigenvalue weighted by Gasteiger charge is 2.00. The maximum atomic E-state index is 3.08. The lowest BCUT2D eigenvalue weighted by Gasteiger charge is -1.82. The lowest BCUT2D eigenvalue weighted by molar-refractivity contribution is -0.707. The normalized spacial score (nSPS) is 9.75. The van der Waals surface area contributed by atoms with E-state index in [4.69, 9.17) is 0 Å². The van der Waals surface area contributed by atoms with Gasteiger partial charge in [0.05, 0.1) is 7.05 Å². The van der Waals surface area contributed by atoms with Crippen molar-refractivity contribution < 1.29 is 4.57 Å². The first-order chi connectivity index (χ1) is 3.84. The third kappa shape index (κ3) is 0.865. The monoisotopic (exact) mass is 129 g/mol. The van der Waals surface area contributed by atoms with Crippen molar-refractivity contribution in [2.75, 3.05) is 6.26 Å². The van der Waals surface area contributed by atoms with E-state index in [-0.39, 0.29) is 0 Å². The molecule has 8 heavy (non-hydrogen) atoms. The molecule has 1 rings (SSSR count). The molecule has 0 aliphatic rings. The summed E-state index contributed by atoms with van der Waals surface area (Å²) in [5.41, 5.74) is 0. The number of rotatable bonds is 1. The molecule has 0 saturated heterocycles. The van der Waals surface area contributed by atoms with Crippen LogP contribution in [0.15, 0.2) is 17.6 Å². The highest BCUT2D eigenvalue weighted by atomic mass is 32.2. The first kappa shape index (κ1) is 5.69. The van der Waals surface area contributed by atoms with Crippen LogP contribution < -0.4 is 4.57 Å². The predicted octanol–water partition coefficient (Wildman–Crippen LogP) is 0.561. The number of hydrogen-bond acceptors (Lipinski definition) is 1. The molecule has 3 heteroatoms. The minimum Gasteiger partial charge on any atom is -0.238 e. The van der Waals surface area contributed by atoms with Gasteiger partial charge in [-0.2, -0.15) is 0 Å². The van der Waals surface area contributed by atoms with Gasteiger partial charge in [0, 0.05) is 0 Å². The Bertz CT molecular complexity index is 171. The summed E-state index contributed by atoms with van der Waals surface area (Å²) in [4.78, 5) is 3.08. The fourth-order valence-corrected chi connectivity index (χ4v) is 1.13. The Labute approximate surface area is 52.9 Å². The first-order valence-electron chi connectivity index (χ1n) is 2.41. The Kier molecular flexibility index (Phi) is 1.58. The molecule has 1 aromatic rings. The van der Waals surface area contributed by atoms with Gasteiger partial charge in [-0.1, -0.05) is 0 Å². The quantitative estimate of drug-likeness (QED) is 0.434. The van der Waals surface area contributed by atoms with Crippen LogP contribution in [0.3, 0.4) is 0 Å². The smallest absolute Gasteiger partial charge is 0.238 e. The van der Waals surface area contributed by atoms with E-state index in [0.717, 1.165) is 0 Å². The number of aromatic nitrogens is 2. The van der Waals surface area contributed by atoms with Crippen molar-refractivity contribution in [3.05, 3.63) is 12.4 Å². The summed E-state index contributed by atoms with van der Waals surface area (Å²) in [5, 5.41) is 1.19. The zero-order valence-corrected chi connectivity index (χ0v) is 5.83. The van der Waals surface area contributed by atoms with Crippen LogP contribution >= 0.6 is 11.8 Å². The third-order valence-corrected chi connectivity index (χ3v) is 1.81. The fraction of sp³-hybridized carbons (Fsp3) is 0.400. The number of imidazole rings is 1. The number of thioether (sulfide) groups is 1. The molecule has 0 spiro atoms. The number of nitrogens with zero attached hydrogens (tertiary/aromatic N) is 1. The molecule has 0 aliphatic heterocycles. The van der Waals surface area contributed by atoms with Gasteiger partial charge in [-0.25, -0.2) is 9.55 Å². The summed E-state index contributed by atoms with van der Waals surface area (Å²) in [6.45, 7) is 0. The second-order valence-electron chi connectivity index (χ2n) is 1.58. The molecular formula is C5H9N2S+. The standard InChI is InChI=1S/C5H8N2S/c1-7-4-3-6-5(7)8-2/h3-4H,1-2H3/p+1. The average Bonchev–Trinajstić information content (AvgIpc) is 2.14. The lowest BCUT2D eigenvalue weighted by atomic mass is 10.9. The summed E-state index contributed by atoms with van der Waals surface area (Å²) >= 11 is 1.71. The molecule has 44 valence electrons. The van der Waals surface area contributed by atoms with Crippen molar-refractivity contribution in [3.63, 3.8) is 0 Å². The fourth-order valence-electron chi connectivity index (χ4n) is 0.593. The Morgan fingerprint density at radius 3 is 2.75 bits per heavy atom. The van der Waals surface area contributed by atoms with Gasteiger partial charge in [0.15, 0.2) is 0 Å². The summed E-state index contributed by atoms with van der Waals surface area (Å²) in [7, 11) is 2.02. The highest BCUT2D eigenvalue weighted by molar-refractivity contribution is 7.98. The molecule has 2 nitrogen and oxygen atoms in total. The van der Waals surface area contributed by atoms with Crippen LogP contribution in [0.1, 0.15) is 0 Å². The molecule has 0 bridgehead atoms. The van der Waals surface area contributed by atoms with Crippen LogP contribution in [0.25, 0.3) is 0 Å². The van der Waals surface area contributed by atoms with E-state index >= 15 is 0 Å². The minimum absolute atomic E-state index is 1.19. The second kappa shape index (κ2) is 2.22. The third-order valence-electron chi connectivity index (χ3n) is 1.02. The molecule has 1 N–H and O–H groups in total. The number of aromatic amines is 1. The van der Waals surface area contributed by atoms with Crippen molar-refractivity contribution in [1.82, 2.24) is 4.98 Å². The van der Waals surface area contributed by atoms with E-state index in [9.17, 15) is 0 Å². The second-order valence-corrected chi connectivity index (χ2v) is 2.38. The maximum absolute atomic E-state index is 3.08. The zero-order chi connectivity index (χ0) is 5.98. The molecular weight excluding hydrogens is 120 g/mol. The van der Waals surface area contributed by atoms with Crippen LogP contribution in [0.4, 0.5) is 0 Å². The minimum atomic E-state index is 1.19. The van der Waals surface area contributed by atoms with Gasteiger partial charge in [0.25, 0.3) is 0 Å². The highest BCUT2D eigenvalue weighted by Crippen LogP contribution is 2.01. The van der Waals surface area contributed by atoms with Crippen molar-refractivity contribution >= 4 is 11.8 Å². The predicted molar refractivity (Wildman–Crippen MR) is 33.7 cm³/mol. The van der Waals surface area contributed by atoms with Gasteiger partial charge in [-0.3, -0.25) is 0 Å². The summed E-state index contributed by atoms with van der Waals surface area (Å²) in [6, 6.07) is 0.